The van der Waals surface area contributed by atoms with Crippen LogP contribution in [0.5, 0.6) is 0 Å². The fourth-order valence-electron chi connectivity index (χ4n) is 1.77. The zero-order chi connectivity index (χ0) is 14.1. The van der Waals surface area contributed by atoms with Crippen molar-refractivity contribution in [2.45, 2.75) is 31.7 Å². The highest BCUT2D eigenvalue weighted by atomic mass is 16.4. The maximum atomic E-state index is 11.7. The number of amides is 1. The first-order valence-corrected chi connectivity index (χ1v) is 6.30. The van der Waals surface area contributed by atoms with E-state index in [2.05, 4.69) is 11.9 Å². The number of nitrogens with one attached hydrogen (secondary N) is 1. The van der Waals surface area contributed by atoms with Crippen LogP contribution in [0.2, 0.25) is 0 Å². The second-order valence-electron chi connectivity index (χ2n) is 4.29. The lowest BCUT2D eigenvalue weighted by atomic mass is 10.0. The summed E-state index contributed by atoms with van der Waals surface area (Å²) >= 11 is 0. The minimum absolute atomic E-state index is 0.0291. The third kappa shape index (κ3) is 5.86. The highest BCUT2D eigenvalue weighted by Gasteiger charge is 2.15. The molecule has 0 radical (unpaired) electrons. The Morgan fingerprint density at radius 2 is 1.95 bits per heavy atom. The largest absolute Gasteiger partial charge is 0.481 e. The van der Waals surface area contributed by atoms with E-state index in [-0.39, 0.29) is 18.4 Å². The quantitative estimate of drug-likeness (QED) is 0.707. The van der Waals surface area contributed by atoms with Gasteiger partial charge in [0, 0.05) is 12.8 Å². The molecule has 1 atom stereocenters. The van der Waals surface area contributed by atoms with Gasteiger partial charge in [0.2, 0.25) is 5.91 Å². The Morgan fingerprint density at radius 3 is 2.53 bits per heavy atom. The summed E-state index contributed by atoms with van der Waals surface area (Å²) in [5.41, 5.74) is 0.927. The molecule has 0 aliphatic rings. The molecular formula is C15H19NO3. The molecule has 0 spiro atoms. The third-order valence-corrected chi connectivity index (χ3v) is 2.76. The smallest absolute Gasteiger partial charge is 0.303 e. The molecule has 19 heavy (non-hydrogen) atoms. The number of carbonyl (C=O) groups excluding carboxylic acids is 1. The molecule has 0 fully saturated rings. The van der Waals surface area contributed by atoms with Gasteiger partial charge in [-0.05, 0) is 18.4 Å². The molecule has 0 heterocycles. The average molecular weight is 261 g/mol. The van der Waals surface area contributed by atoms with Crippen molar-refractivity contribution in [2.24, 2.45) is 0 Å². The van der Waals surface area contributed by atoms with Crippen LogP contribution in [0.3, 0.4) is 0 Å². The van der Waals surface area contributed by atoms with E-state index in [4.69, 9.17) is 5.11 Å². The topological polar surface area (TPSA) is 66.4 Å². The van der Waals surface area contributed by atoms with Gasteiger partial charge in [-0.1, -0.05) is 36.4 Å². The van der Waals surface area contributed by atoms with Crippen molar-refractivity contribution in [1.82, 2.24) is 5.32 Å². The van der Waals surface area contributed by atoms with Gasteiger partial charge >= 0.3 is 5.97 Å². The maximum Gasteiger partial charge on any atom is 0.303 e. The predicted octanol–water partition coefficient (Wildman–Crippen LogP) is 2.67. The number of allylic oxidation sites excluding steroid dienone is 1. The van der Waals surface area contributed by atoms with Crippen LogP contribution in [-0.4, -0.2) is 17.0 Å². The number of carboxylic acid groups (broad SMARTS) is 1. The minimum atomic E-state index is -0.860. The van der Waals surface area contributed by atoms with Gasteiger partial charge in [0.15, 0.2) is 0 Å². The Bertz CT molecular complexity index is 428. The zero-order valence-corrected chi connectivity index (χ0v) is 10.8. The second kappa shape index (κ2) is 8.08. The first-order valence-electron chi connectivity index (χ1n) is 6.30. The van der Waals surface area contributed by atoms with Crippen molar-refractivity contribution in [3.63, 3.8) is 0 Å². The van der Waals surface area contributed by atoms with Crippen LogP contribution < -0.4 is 5.32 Å². The van der Waals surface area contributed by atoms with Crippen LogP contribution in [0.1, 0.15) is 37.3 Å². The Kier molecular flexibility index (Phi) is 6.36. The molecule has 1 amide bonds. The number of hydrogen-bond donors (Lipinski definition) is 2. The molecule has 0 bridgehead atoms. The van der Waals surface area contributed by atoms with Crippen molar-refractivity contribution in [2.75, 3.05) is 0 Å². The van der Waals surface area contributed by atoms with Crippen molar-refractivity contribution in [3.8, 4) is 0 Å². The molecule has 1 unspecified atom stereocenters. The van der Waals surface area contributed by atoms with E-state index >= 15 is 0 Å². The van der Waals surface area contributed by atoms with Crippen molar-refractivity contribution in [3.05, 3.63) is 48.6 Å². The molecule has 0 aliphatic carbocycles. The number of aliphatic carboxylic acids is 1. The van der Waals surface area contributed by atoms with Crippen molar-refractivity contribution in [1.29, 1.82) is 0 Å². The van der Waals surface area contributed by atoms with E-state index in [0.29, 0.717) is 19.3 Å². The first kappa shape index (κ1) is 15.0. The molecule has 1 rings (SSSR count). The molecule has 1 aromatic carbocycles. The van der Waals surface area contributed by atoms with Gasteiger partial charge in [0.1, 0.15) is 0 Å². The van der Waals surface area contributed by atoms with E-state index in [1.165, 1.54) is 0 Å². The van der Waals surface area contributed by atoms with Crippen molar-refractivity contribution < 1.29 is 14.7 Å². The molecule has 102 valence electrons. The Morgan fingerprint density at radius 1 is 1.26 bits per heavy atom. The molecule has 0 saturated heterocycles. The predicted molar refractivity (Wildman–Crippen MR) is 73.6 cm³/mol. The third-order valence-electron chi connectivity index (χ3n) is 2.76. The zero-order valence-electron chi connectivity index (χ0n) is 10.8. The number of benzene rings is 1. The van der Waals surface area contributed by atoms with E-state index in [9.17, 15) is 9.59 Å². The second-order valence-corrected chi connectivity index (χ2v) is 4.29. The van der Waals surface area contributed by atoms with Gasteiger partial charge in [-0.2, -0.15) is 0 Å². The summed E-state index contributed by atoms with van der Waals surface area (Å²) in [6.45, 7) is 3.57. The van der Waals surface area contributed by atoms with Gasteiger partial charge in [0.05, 0.1) is 6.04 Å². The van der Waals surface area contributed by atoms with Crippen LogP contribution in [0.15, 0.2) is 43.0 Å². The molecular weight excluding hydrogens is 242 g/mol. The Hall–Kier alpha value is -2.10. The summed E-state index contributed by atoms with van der Waals surface area (Å²) in [5, 5.41) is 11.6. The number of carbonyl (C=O) groups is 2. The Balaban J connectivity index is 2.66. The molecule has 4 heteroatoms. The summed E-state index contributed by atoms with van der Waals surface area (Å²) < 4.78 is 0. The lowest BCUT2D eigenvalue weighted by Crippen LogP contribution is -2.28. The Labute approximate surface area is 113 Å². The normalized spacial score (nSPS) is 11.6. The van der Waals surface area contributed by atoms with E-state index in [1.54, 1.807) is 6.08 Å². The fourth-order valence-corrected chi connectivity index (χ4v) is 1.77. The monoisotopic (exact) mass is 261 g/mol. The number of rotatable bonds is 8. The molecule has 1 aromatic rings. The molecule has 4 nitrogen and oxygen atoms in total. The summed E-state index contributed by atoms with van der Waals surface area (Å²) in [5.74, 6) is -0.944. The van der Waals surface area contributed by atoms with Crippen LogP contribution in [-0.2, 0) is 9.59 Å². The molecule has 0 saturated carbocycles. The van der Waals surface area contributed by atoms with E-state index < -0.39 is 5.97 Å². The van der Waals surface area contributed by atoms with E-state index in [1.807, 2.05) is 30.3 Å². The lowest BCUT2D eigenvalue weighted by Gasteiger charge is -2.18. The van der Waals surface area contributed by atoms with Crippen molar-refractivity contribution >= 4 is 11.9 Å². The maximum absolute atomic E-state index is 11.7. The first-order chi connectivity index (χ1) is 9.13. The molecule has 0 aliphatic heterocycles. The van der Waals surface area contributed by atoms with Gasteiger partial charge in [0.25, 0.3) is 0 Å². The lowest BCUT2D eigenvalue weighted by molar-refractivity contribution is -0.137. The highest BCUT2D eigenvalue weighted by Crippen LogP contribution is 2.18. The molecule has 2 N–H and O–H groups in total. The number of hydrogen-bond acceptors (Lipinski definition) is 2. The van der Waals surface area contributed by atoms with Gasteiger partial charge in [-0.3, -0.25) is 9.59 Å². The van der Waals surface area contributed by atoms with Gasteiger partial charge in [-0.15, -0.1) is 6.58 Å². The van der Waals surface area contributed by atoms with Crippen LogP contribution in [0.25, 0.3) is 0 Å². The fraction of sp³-hybridized carbons (Fsp3) is 0.333. The SMILES string of the molecule is C=CCCC(=O)NC(CCC(=O)O)c1ccccc1. The van der Waals surface area contributed by atoms with Gasteiger partial charge in [-0.25, -0.2) is 0 Å². The van der Waals surface area contributed by atoms with E-state index in [0.717, 1.165) is 5.56 Å². The summed E-state index contributed by atoms with van der Waals surface area (Å²) in [6.07, 6.45) is 3.10. The van der Waals surface area contributed by atoms with Crippen LogP contribution in [0.4, 0.5) is 0 Å². The average Bonchev–Trinajstić information content (AvgIpc) is 2.42. The summed E-state index contributed by atoms with van der Waals surface area (Å²) in [7, 11) is 0. The van der Waals surface area contributed by atoms with Crippen LogP contribution in [0, 0.1) is 0 Å². The summed E-state index contributed by atoms with van der Waals surface area (Å²) in [4.78, 5) is 22.4. The number of carboxylic acids is 1. The molecule has 0 aromatic heterocycles. The summed E-state index contributed by atoms with van der Waals surface area (Å²) in [6, 6.07) is 9.16. The van der Waals surface area contributed by atoms with Gasteiger partial charge < -0.3 is 10.4 Å². The standard InChI is InChI=1S/C15H19NO3/c1-2-3-9-14(17)16-13(10-11-15(18)19)12-7-5-4-6-8-12/h2,4-8,13H,1,3,9-11H2,(H,16,17)(H,18,19). The minimum Gasteiger partial charge on any atom is -0.481 e. The highest BCUT2D eigenvalue weighted by molar-refractivity contribution is 5.76. The van der Waals surface area contributed by atoms with Crippen LogP contribution >= 0.6 is 0 Å².